The molecule has 0 fully saturated rings. The molecule has 1 aliphatic heterocycles. The molecule has 0 saturated carbocycles. The Hall–Kier alpha value is -2.47. The van der Waals surface area contributed by atoms with Crippen LogP contribution in [0, 0.1) is 0 Å². The van der Waals surface area contributed by atoms with Gasteiger partial charge in [0.15, 0.2) is 5.82 Å². The molecule has 0 radical (unpaired) electrons. The highest BCUT2D eigenvalue weighted by Gasteiger charge is 2.17. The minimum Gasteiger partial charge on any atom is -0.349 e. The van der Waals surface area contributed by atoms with E-state index in [4.69, 9.17) is 11.6 Å². The van der Waals surface area contributed by atoms with Gasteiger partial charge in [-0.05, 0) is 24.6 Å². The largest absolute Gasteiger partial charge is 0.349 e. The number of fused-ring (bicyclic) bond motifs is 1. The van der Waals surface area contributed by atoms with E-state index in [0.717, 1.165) is 48.8 Å². The van der Waals surface area contributed by atoms with Crippen LogP contribution in [-0.4, -0.2) is 31.7 Å². The summed E-state index contributed by atoms with van der Waals surface area (Å²) in [6.45, 7) is 2.55. The maximum Gasteiger partial charge on any atom is 0.151 e. The first-order valence-electron chi connectivity index (χ1n) is 7.52. The highest BCUT2D eigenvalue weighted by Crippen LogP contribution is 2.26. The van der Waals surface area contributed by atoms with Crippen molar-refractivity contribution < 1.29 is 0 Å². The zero-order chi connectivity index (χ0) is 15.6. The van der Waals surface area contributed by atoms with Crippen molar-refractivity contribution in [3.63, 3.8) is 0 Å². The number of benzene rings is 1. The summed E-state index contributed by atoms with van der Waals surface area (Å²) in [5.41, 5.74) is 2.77. The van der Waals surface area contributed by atoms with Crippen molar-refractivity contribution in [1.82, 2.24) is 25.2 Å². The van der Waals surface area contributed by atoms with Crippen LogP contribution in [0.15, 0.2) is 42.6 Å². The monoisotopic (exact) mass is 326 g/mol. The van der Waals surface area contributed by atoms with E-state index < -0.39 is 0 Å². The van der Waals surface area contributed by atoms with E-state index >= 15 is 0 Å². The van der Waals surface area contributed by atoms with Crippen molar-refractivity contribution in [3.05, 3.63) is 53.3 Å². The molecule has 0 atom stereocenters. The molecule has 1 aliphatic rings. The van der Waals surface area contributed by atoms with Crippen molar-refractivity contribution in [2.45, 2.75) is 19.5 Å². The average molecular weight is 327 g/mol. The summed E-state index contributed by atoms with van der Waals surface area (Å²) in [6.07, 6.45) is 2.81. The summed E-state index contributed by atoms with van der Waals surface area (Å²) >= 11 is 6.22. The van der Waals surface area contributed by atoms with Gasteiger partial charge < -0.3 is 4.90 Å². The van der Waals surface area contributed by atoms with E-state index in [2.05, 4.69) is 25.4 Å². The maximum absolute atomic E-state index is 6.22. The van der Waals surface area contributed by atoms with Crippen LogP contribution in [0.2, 0.25) is 5.02 Å². The Morgan fingerprint density at radius 2 is 1.91 bits per heavy atom. The van der Waals surface area contributed by atoms with Gasteiger partial charge in [0.2, 0.25) is 0 Å². The normalized spacial score (nSPS) is 14.4. The molecule has 116 valence electrons. The lowest BCUT2D eigenvalue weighted by Crippen LogP contribution is -2.23. The molecule has 0 amide bonds. The van der Waals surface area contributed by atoms with Crippen molar-refractivity contribution in [2.24, 2.45) is 0 Å². The molecular weight excluding hydrogens is 312 g/mol. The summed E-state index contributed by atoms with van der Waals surface area (Å²) in [6, 6.07) is 11.6. The predicted octanol–water partition coefficient (Wildman–Crippen LogP) is 2.80. The second-order valence-electron chi connectivity index (χ2n) is 5.48. The van der Waals surface area contributed by atoms with Crippen LogP contribution in [-0.2, 0) is 13.1 Å². The quantitative estimate of drug-likeness (QED) is 0.724. The van der Waals surface area contributed by atoms with Crippen molar-refractivity contribution in [1.29, 1.82) is 0 Å². The fraction of sp³-hybridized carbons (Fsp3) is 0.250. The van der Waals surface area contributed by atoms with E-state index in [0.29, 0.717) is 5.02 Å². The summed E-state index contributed by atoms with van der Waals surface area (Å²) in [4.78, 5) is 2.20. The van der Waals surface area contributed by atoms with Gasteiger partial charge in [0.05, 0.1) is 29.2 Å². The summed E-state index contributed by atoms with van der Waals surface area (Å²) < 4.78 is 1.95. The average Bonchev–Trinajstić information content (AvgIpc) is 2.92. The number of nitrogens with zero attached hydrogens (tertiary/aromatic N) is 6. The maximum atomic E-state index is 6.22. The van der Waals surface area contributed by atoms with Crippen molar-refractivity contribution >= 4 is 17.4 Å². The molecule has 23 heavy (non-hydrogen) atoms. The summed E-state index contributed by atoms with van der Waals surface area (Å²) in [7, 11) is 0. The Morgan fingerprint density at radius 1 is 1.00 bits per heavy atom. The SMILES string of the molecule is Clc1ccccc1-c1ccc(N2CCCn3nncc3C2)nn1. The van der Waals surface area contributed by atoms with E-state index in [1.165, 1.54) is 0 Å². The van der Waals surface area contributed by atoms with Crippen LogP contribution >= 0.6 is 11.6 Å². The number of aryl methyl sites for hydroxylation is 1. The number of halogens is 1. The fourth-order valence-corrected chi connectivity index (χ4v) is 3.01. The van der Waals surface area contributed by atoms with Gasteiger partial charge in [0.25, 0.3) is 0 Å². The summed E-state index contributed by atoms with van der Waals surface area (Å²) in [5, 5.41) is 17.5. The number of hydrogen-bond acceptors (Lipinski definition) is 5. The van der Waals surface area contributed by atoms with Gasteiger partial charge in [-0.1, -0.05) is 35.0 Å². The smallest absolute Gasteiger partial charge is 0.151 e. The molecule has 0 N–H and O–H groups in total. The predicted molar refractivity (Wildman–Crippen MR) is 88.2 cm³/mol. The molecule has 0 unspecified atom stereocenters. The second kappa shape index (κ2) is 5.96. The molecule has 2 aromatic heterocycles. The third-order valence-electron chi connectivity index (χ3n) is 3.97. The molecule has 0 aliphatic carbocycles. The first-order chi connectivity index (χ1) is 11.3. The Bertz CT molecular complexity index is 813. The molecule has 0 saturated heterocycles. The van der Waals surface area contributed by atoms with Gasteiger partial charge >= 0.3 is 0 Å². The van der Waals surface area contributed by atoms with Gasteiger partial charge in [-0.15, -0.1) is 15.3 Å². The summed E-state index contributed by atoms with van der Waals surface area (Å²) in [5.74, 6) is 0.857. The van der Waals surface area contributed by atoms with E-state index in [1.54, 1.807) is 0 Å². The first-order valence-corrected chi connectivity index (χ1v) is 7.90. The molecule has 3 heterocycles. The standard InChI is InChI=1S/C16H15ClN6/c17-14-5-2-1-4-13(14)15-6-7-16(20-19-15)22-8-3-9-23-12(11-22)10-18-21-23/h1-2,4-7,10H,3,8-9,11H2. The molecule has 0 bridgehead atoms. The lowest BCUT2D eigenvalue weighted by atomic mass is 10.1. The minimum atomic E-state index is 0.680. The van der Waals surface area contributed by atoms with Gasteiger partial charge in [0, 0.05) is 18.7 Å². The highest BCUT2D eigenvalue weighted by atomic mass is 35.5. The number of anilines is 1. The second-order valence-corrected chi connectivity index (χ2v) is 5.89. The van der Waals surface area contributed by atoms with E-state index in [9.17, 15) is 0 Å². The lowest BCUT2D eigenvalue weighted by molar-refractivity contribution is 0.569. The Morgan fingerprint density at radius 3 is 2.74 bits per heavy atom. The van der Waals surface area contributed by atoms with Crippen LogP contribution in [0.3, 0.4) is 0 Å². The minimum absolute atomic E-state index is 0.680. The molecule has 7 heteroatoms. The molecule has 4 rings (SSSR count). The van der Waals surface area contributed by atoms with Gasteiger partial charge in [-0.2, -0.15) is 0 Å². The Labute approximate surface area is 138 Å². The van der Waals surface area contributed by atoms with Crippen molar-refractivity contribution in [2.75, 3.05) is 11.4 Å². The van der Waals surface area contributed by atoms with Gasteiger partial charge in [-0.3, -0.25) is 0 Å². The molecule has 1 aromatic carbocycles. The van der Waals surface area contributed by atoms with Gasteiger partial charge in [-0.25, -0.2) is 4.68 Å². The third kappa shape index (κ3) is 2.77. The van der Waals surface area contributed by atoms with Crippen LogP contribution in [0.25, 0.3) is 11.3 Å². The number of rotatable bonds is 2. The zero-order valence-electron chi connectivity index (χ0n) is 12.4. The Balaban J connectivity index is 1.60. The molecular formula is C16H15ClN6. The van der Waals surface area contributed by atoms with Crippen LogP contribution in [0.1, 0.15) is 12.1 Å². The van der Waals surface area contributed by atoms with Crippen molar-refractivity contribution in [3.8, 4) is 11.3 Å². The third-order valence-corrected chi connectivity index (χ3v) is 4.30. The molecule has 0 spiro atoms. The van der Waals surface area contributed by atoms with Crippen LogP contribution in [0.4, 0.5) is 5.82 Å². The highest BCUT2D eigenvalue weighted by molar-refractivity contribution is 6.33. The Kier molecular flexibility index (Phi) is 3.67. The first kappa shape index (κ1) is 14.1. The zero-order valence-corrected chi connectivity index (χ0v) is 13.2. The topological polar surface area (TPSA) is 59.7 Å². The molecule has 6 nitrogen and oxygen atoms in total. The van der Waals surface area contributed by atoms with Crippen LogP contribution < -0.4 is 4.90 Å². The lowest BCUT2D eigenvalue weighted by Gasteiger charge is -2.20. The van der Waals surface area contributed by atoms with E-state index in [1.807, 2.05) is 47.3 Å². The van der Waals surface area contributed by atoms with E-state index in [-0.39, 0.29) is 0 Å². The molecule has 3 aromatic rings. The van der Waals surface area contributed by atoms with Crippen LogP contribution in [0.5, 0.6) is 0 Å². The fourth-order valence-electron chi connectivity index (χ4n) is 2.78. The van der Waals surface area contributed by atoms with Gasteiger partial charge in [0.1, 0.15) is 0 Å². The number of aromatic nitrogens is 5. The number of hydrogen-bond donors (Lipinski definition) is 0.